The molecule has 1 aliphatic rings. The molecule has 3 aromatic rings. The molecule has 1 heterocycles. The second kappa shape index (κ2) is 8.09. The van der Waals surface area contributed by atoms with Crippen LogP contribution < -0.4 is 4.74 Å². The summed E-state index contributed by atoms with van der Waals surface area (Å²) >= 11 is 0. The van der Waals surface area contributed by atoms with Crippen molar-refractivity contribution in [3.05, 3.63) is 60.2 Å². The number of fused-ring (bicyclic) bond motifs is 1. The maximum atomic E-state index is 13.0. The van der Waals surface area contributed by atoms with Crippen LogP contribution in [0.2, 0.25) is 0 Å². The van der Waals surface area contributed by atoms with Crippen molar-refractivity contribution in [3.8, 4) is 5.75 Å². The molecular formula is C22H25FN2O2. The number of imidazole rings is 1. The molecule has 27 heavy (non-hydrogen) atoms. The van der Waals surface area contributed by atoms with E-state index >= 15 is 0 Å². The Morgan fingerprint density at radius 3 is 2.59 bits per heavy atom. The first-order chi connectivity index (χ1) is 13.2. The van der Waals surface area contributed by atoms with Gasteiger partial charge in [-0.25, -0.2) is 9.37 Å². The SMILES string of the molecule is OC(COc1ccc(F)cc1)Cn1c(C2CCCCC2)nc2ccccc21. The van der Waals surface area contributed by atoms with Gasteiger partial charge in [-0.1, -0.05) is 31.4 Å². The van der Waals surface area contributed by atoms with Crippen LogP contribution in [0, 0.1) is 5.82 Å². The highest BCUT2D eigenvalue weighted by Gasteiger charge is 2.23. The molecule has 5 heteroatoms. The van der Waals surface area contributed by atoms with E-state index < -0.39 is 6.10 Å². The minimum atomic E-state index is -0.671. The third-order valence-corrected chi connectivity index (χ3v) is 5.30. The fourth-order valence-electron chi connectivity index (χ4n) is 3.95. The van der Waals surface area contributed by atoms with Crippen LogP contribution in [0.1, 0.15) is 43.8 Å². The first-order valence-corrected chi connectivity index (χ1v) is 9.72. The molecule has 0 radical (unpaired) electrons. The van der Waals surface area contributed by atoms with E-state index in [0.29, 0.717) is 18.2 Å². The number of nitrogens with zero attached hydrogens (tertiary/aromatic N) is 2. The third-order valence-electron chi connectivity index (χ3n) is 5.30. The van der Waals surface area contributed by atoms with Crippen LogP contribution in [-0.2, 0) is 6.54 Å². The van der Waals surface area contributed by atoms with Gasteiger partial charge in [-0.2, -0.15) is 0 Å². The zero-order chi connectivity index (χ0) is 18.6. The van der Waals surface area contributed by atoms with Crippen molar-refractivity contribution >= 4 is 11.0 Å². The summed E-state index contributed by atoms with van der Waals surface area (Å²) in [5.41, 5.74) is 2.03. The van der Waals surface area contributed by atoms with Crippen LogP contribution in [0.3, 0.4) is 0 Å². The highest BCUT2D eigenvalue weighted by molar-refractivity contribution is 5.76. The van der Waals surface area contributed by atoms with Crippen molar-refractivity contribution in [2.24, 2.45) is 0 Å². The molecule has 1 aromatic heterocycles. The largest absolute Gasteiger partial charge is 0.491 e. The number of hydrogen-bond acceptors (Lipinski definition) is 3. The Morgan fingerprint density at radius 1 is 1.07 bits per heavy atom. The number of benzene rings is 2. The number of ether oxygens (including phenoxy) is 1. The molecule has 2 aromatic carbocycles. The molecule has 0 spiro atoms. The predicted octanol–water partition coefficient (Wildman–Crippen LogP) is 4.66. The quantitative estimate of drug-likeness (QED) is 0.688. The Labute approximate surface area is 158 Å². The van der Waals surface area contributed by atoms with Gasteiger partial charge < -0.3 is 14.4 Å². The summed E-state index contributed by atoms with van der Waals surface area (Å²) in [7, 11) is 0. The minimum Gasteiger partial charge on any atom is -0.491 e. The average molecular weight is 368 g/mol. The highest BCUT2D eigenvalue weighted by Crippen LogP contribution is 2.34. The first kappa shape index (κ1) is 18.0. The van der Waals surface area contributed by atoms with Crippen LogP contribution in [0.5, 0.6) is 5.75 Å². The van der Waals surface area contributed by atoms with Crippen molar-refractivity contribution in [2.45, 2.75) is 50.7 Å². The Morgan fingerprint density at radius 2 is 1.81 bits per heavy atom. The molecule has 4 nitrogen and oxygen atoms in total. The van der Waals surface area contributed by atoms with Gasteiger partial charge in [0.1, 0.15) is 30.1 Å². The van der Waals surface area contributed by atoms with E-state index in [-0.39, 0.29) is 12.4 Å². The molecule has 1 saturated carbocycles. The lowest BCUT2D eigenvalue weighted by Gasteiger charge is -2.23. The van der Waals surface area contributed by atoms with Gasteiger partial charge in [-0.3, -0.25) is 0 Å². The molecule has 142 valence electrons. The fraction of sp³-hybridized carbons (Fsp3) is 0.409. The summed E-state index contributed by atoms with van der Waals surface area (Å²) in [4.78, 5) is 4.89. The van der Waals surface area contributed by atoms with Gasteiger partial charge in [0, 0.05) is 5.92 Å². The molecule has 0 amide bonds. The normalized spacial score (nSPS) is 16.5. The smallest absolute Gasteiger partial charge is 0.123 e. The van der Waals surface area contributed by atoms with Gasteiger partial charge in [0.05, 0.1) is 17.6 Å². The molecule has 0 bridgehead atoms. The number of rotatable bonds is 6. The van der Waals surface area contributed by atoms with E-state index in [9.17, 15) is 9.50 Å². The van der Waals surface area contributed by atoms with Crippen molar-refractivity contribution in [3.63, 3.8) is 0 Å². The summed E-state index contributed by atoms with van der Waals surface area (Å²) in [6.45, 7) is 0.593. The zero-order valence-corrected chi connectivity index (χ0v) is 15.4. The van der Waals surface area contributed by atoms with Crippen molar-refractivity contribution < 1.29 is 14.2 Å². The van der Waals surface area contributed by atoms with E-state index in [1.807, 2.05) is 18.2 Å². The van der Waals surface area contributed by atoms with E-state index in [1.54, 1.807) is 12.1 Å². The predicted molar refractivity (Wildman–Crippen MR) is 103 cm³/mol. The van der Waals surface area contributed by atoms with Gasteiger partial charge in [0.15, 0.2) is 0 Å². The Balaban J connectivity index is 1.51. The monoisotopic (exact) mass is 368 g/mol. The lowest BCUT2D eigenvalue weighted by molar-refractivity contribution is 0.0921. The Bertz CT molecular complexity index is 885. The zero-order valence-electron chi connectivity index (χ0n) is 15.4. The van der Waals surface area contributed by atoms with Gasteiger partial charge in [-0.05, 0) is 49.2 Å². The summed E-state index contributed by atoms with van der Waals surface area (Å²) in [5.74, 6) is 1.79. The average Bonchev–Trinajstić information content (AvgIpc) is 3.07. The Kier molecular flexibility index (Phi) is 5.39. The first-order valence-electron chi connectivity index (χ1n) is 9.72. The highest BCUT2D eigenvalue weighted by atomic mass is 19.1. The van der Waals surface area contributed by atoms with E-state index in [1.165, 1.54) is 31.4 Å². The topological polar surface area (TPSA) is 47.3 Å². The van der Waals surface area contributed by atoms with E-state index in [4.69, 9.17) is 9.72 Å². The molecule has 4 rings (SSSR count). The number of hydrogen-bond donors (Lipinski definition) is 1. The molecule has 1 unspecified atom stereocenters. The van der Waals surface area contributed by atoms with Crippen LogP contribution >= 0.6 is 0 Å². The molecule has 1 atom stereocenters. The summed E-state index contributed by atoms with van der Waals surface area (Å²) in [6.07, 6.45) is 5.42. The maximum absolute atomic E-state index is 13.0. The lowest BCUT2D eigenvalue weighted by atomic mass is 9.88. The van der Waals surface area contributed by atoms with Crippen LogP contribution in [-0.4, -0.2) is 27.4 Å². The summed E-state index contributed by atoms with van der Waals surface area (Å²) < 4.78 is 20.8. The maximum Gasteiger partial charge on any atom is 0.123 e. The summed E-state index contributed by atoms with van der Waals surface area (Å²) in [6, 6.07) is 13.9. The second-order valence-corrected chi connectivity index (χ2v) is 7.32. The standard InChI is InChI=1S/C22H25FN2O2/c23-17-10-12-19(13-11-17)27-15-18(26)14-25-21-9-5-4-8-20(21)24-22(25)16-6-2-1-3-7-16/h4-5,8-13,16,18,26H,1-3,6-7,14-15H2. The van der Waals surface area contributed by atoms with Gasteiger partial charge in [0.25, 0.3) is 0 Å². The number of halogens is 1. The number of aliphatic hydroxyl groups is 1. The number of aliphatic hydroxyl groups excluding tert-OH is 1. The van der Waals surface area contributed by atoms with Crippen LogP contribution in [0.15, 0.2) is 48.5 Å². The lowest BCUT2D eigenvalue weighted by Crippen LogP contribution is -2.25. The minimum absolute atomic E-state index is 0.155. The molecule has 1 fully saturated rings. The van der Waals surface area contributed by atoms with Crippen LogP contribution in [0.4, 0.5) is 4.39 Å². The van der Waals surface area contributed by atoms with Gasteiger partial charge in [-0.15, -0.1) is 0 Å². The van der Waals surface area contributed by atoms with Gasteiger partial charge in [0.2, 0.25) is 0 Å². The van der Waals surface area contributed by atoms with Crippen molar-refractivity contribution in [2.75, 3.05) is 6.61 Å². The summed E-state index contributed by atoms with van der Waals surface area (Å²) in [5, 5.41) is 10.6. The third kappa shape index (κ3) is 4.14. The molecule has 0 saturated heterocycles. The Hall–Kier alpha value is -2.40. The second-order valence-electron chi connectivity index (χ2n) is 7.32. The molecule has 0 aliphatic heterocycles. The molecule has 1 aliphatic carbocycles. The van der Waals surface area contributed by atoms with E-state index in [0.717, 1.165) is 29.7 Å². The van der Waals surface area contributed by atoms with Crippen LogP contribution in [0.25, 0.3) is 11.0 Å². The molecular weight excluding hydrogens is 343 g/mol. The van der Waals surface area contributed by atoms with Crippen molar-refractivity contribution in [1.82, 2.24) is 9.55 Å². The fourth-order valence-corrected chi connectivity index (χ4v) is 3.95. The van der Waals surface area contributed by atoms with Gasteiger partial charge >= 0.3 is 0 Å². The molecule has 1 N–H and O–H groups in total. The number of para-hydroxylation sites is 2. The number of aromatic nitrogens is 2. The van der Waals surface area contributed by atoms with E-state index in [2.05, 4.69) is 10.6 Å². The van der Waals surface area contributed by atoms with Crippen molar-refractivity contribution in [1.29, 1.82) is 0 Å².